The lowest BCUT2D eigenvalue weighted by Crippen LogP contribution is -3.00. The Bertz CT molecular complexity index is 436. The van der Waals surface area contributed by atoms with Crippen molar-refractivity contribution in [2.24, 2.45) is 0 Å². The number of halogens is 1. The van der Waals surface area contributed by atoms with E-state index >= 15 is 0 Å². The van der Waals surface area contributed by atoms with Gasteiger partial charge in [-0.05, 0) is 19.4 Å². The molecule has 0 N–H and O–H groups in total. The van der Waals surface area contributed by atoms with Gasteiger partial charge in [0, 0.05) is 12.0 Å². The zero-order valence-corrected chi connectivity index (χ0v) is 12.4. The molecule has 0 saturated heterocycles. The van der Waals surface area contributed by atoms with Crippen molar-refractivity contribution >= 4 is 5.97 Å². The number of carbonyl (C=O) groups is 1. The molecule has 1 aromatic carbocycles. The molecule has 0 saturated carbocycles. The number of ether oxygens (including phenoxy) is 1. The number of quaternary nitrogens is 1. The second-order valence-electron chi connectivity index (χ2n) is 5.02. The molecule has 1 aliphatic rings. The van der Waals surface area contributed by atoms with E-state index in [0.717, 1.165) is 30.5 Å². The van der Waals surface area contributed by atoms with Crippen molar-refractivity contribution < 1.29 is 26.4 Å². The average Bonchev–Trinajstić information content (AvgIpc) is 2.39. The van der Waals surface area contributed by atoms with Gasteiger partial charge in [0.05, 0.1) is 19.7 Å². The van der Waals surface area contributed by atoms with Crippen molar-refractivity contribution in [1.29, 1.82) is 0 Å². The molecule has 1 heterocycles. The number of benzene rings is 1. The van der Waals surface area contributed by atoms with Gasteiger partial charge in [0.1, 0.15) is 6.54 Å². The Kier molecular flexibility index (Phi) is 5.83. The lowest BCUT2D eigenvalue weighted by atomic mass is 9.97. The first-order valence-electron chi connectivity index (χ1n) is 6.76. The highest BCUT2D eigenvalue weighted by Crippen LogP contribution is 2.24. The van der Waals surface area contributed by atoms with Gasteiger partial charge in [0.25, 0.3) is 0 Å². The molecule has 106 valence electrons. The van der Waals surface area contributed by atoms with Gasteiger partial charge < -0.3 is 21.6 Å². The third-order valence-electron chi connectivity index (χ3n) is 3.92. The maximum atomic E-state index is 11.7. The summed E-state index contributed by atoms with van der Waals surface area (Å²) in [7, 11) is 0. The van der Waals surface area contributed by atoms with E-state index in [2.05, 4.69) is 31.2 Å². The fourth-order valence-electron chi connectivity index (χ4n) is 2.75. The number of esters is 1. The van der Waals surface area contributed by atoms with Crippen LogP contribution in [0.5, 0.6) is 0 Å². The minimum absolute atomic E-state index is 0. The third-order valence-corrected chi connectivity index (χ3v) is 3.92. The molecule has 1 unspecified atom stereocenters. The molecule has 0 aromatic heterocycles. The van der Waals surface area contributed by atoms with Crippen LogP contribution in [0.3, 0.4) is 0 Å². The van der Waals surface area contributed by atoms with Crippen molar-refractivity contribution in [1.82, 2.24) is 0 Å². The van der Waals surface area contributed by atoms with Gasteiger partial charge in [-0.15, -0.1) is 0 Å². The normalized spacial score (nSPS) is 21.2. The summed E-state index contributed by atoms with van der Waals surface area (Å²) in [6.07, 6.45) is 1.06. The van der Waals surface area contributed by atoms with Crippen LogP contribution in [0.4, 0.5) is 0 Å². The van der Waals surface area contributed by atoms with E-state index in [1.165, 1.54) is 11.1 Å². The molecule has 1 atom stereocenters. The van der Waals surface area contributed by atoms with Crippen molar-refractivity contribution in [3.63, 3.8) is 0 Å². The first kappa shape index (κ1) is 16.0. The van der Waals surface area contributed by atoms with E-state index in [1.54, 1.807) is 0 Å². The first-order valence-corrected chi connectivity index (χ1v) is 6.76. The summed E-state index contributed by atoms with van der Waals surface area (Å²) in [5.74, 6) is -0.0706. The van der Waals surface area contributed by atoms with Crippen molar-refractivity contribution in [2.45, 2.75) is 26.8 Å². The zero-order chi connectivity index (χ0) is 13.0. The number of likely N-dealkylation sites (N-methyl/N-ethyl adjacent to an activating group) is 1. The van der Waals surface area contributed by atoms with Gasteiger partial charge >= 0.3 is 5.97 Å². The molecule has 19 heavy (non-hydrogen) atoms. The highest BCUT2D eigenvalue weighted by molar-refractivity contribution is 5.70. The summed E-state index contributed by atoms with van der Waals surface area (Å²) < 4.78 is 5.93. The Balaban J connectivity index is 0.00000180. The lowest BCUT2D eigenvalue weighted by Gasteiger charge is -2.40. The van der Waals surface area contributed by atoms with Gasteiger partial charge in [-0.1, -0.05) is 24.3 Å². The van der Waals surface area contributed by atoms with E-state index < -0.39 is 0 Å². The second kappa shape index (κ2) is 6.92. The maximum Gasteiger partial charge on any atom is 0.361 e. The van der Waals surface area contributed by atoms with E-state index in [9.17, 15) is 4.79 Å². The Morgan fingerprint density at radius 2 is 1.95 bits per heavy atom. The second-order valence-corrected chi connectivity index (χ2v) is 5.02. The first-order chi connectivity index (χ1) is 8.69. The fourth-order valence-corrected chi connectivity index (χ4v) is 2.75. The van der Waals surface area contributed by atoms with Crippen LogP contribution in [-0.2, 0) is 22.5 Å². The summed E-state index contributed by atoms with van der Waals surface area (Å²) in [4.78, 5) is 11.7. The monoisotopic (exact) mass is 283 g/mol. The molecule has 0 bridgehead atoms. The summed E-state index contributed by atoms with van der Waals surface area (Å²) in [5, 5.41) is 0. The lowest BCUT2D eigenvalue weighted by molar-refractivity contribution is -0.934. The Labute approximate surface area is 121 Å². The molecule has 0 spiro atoms. The maximum absolute atomic E-state index is 11.7. The van der Waals surface area contributed by atoms with Crippen molar-refractivity contribution in [3.8, 4) is 0 Å². The summed E-state index contributed by atoms with van der Waals surface area (Å²) >= 11 is 0. The van der Waals surface area contributed by atoms with E-state index in [0.29, 0.717) is 13.2 Å². The number of nitrogens with zero attached hydrogens (tertiary/aromatic N) is 1. The molecule has 3 nitrogen and oxygen atoms in total. The average molecular weight is 284 g/mol. The topological polar surface area (TPSA) is 26.3 Å². The fraction of sp³-hybridized carbons (Fsp3) is 0.533. The molecular formula is C15H22ClNO2. The minimum atomic E-state index is -0.0706. The highest BCUT2D eigenvalue weighted by atomic mass is 35.5. The molecule has 0 amide bonds. The number of rotatable bonds is 4. The standard InChI is InChI=1S/C15H22NO2.ClH/c1-3-16(12-15(17)18-4-2)10-9-13-7-5-6-8-14(13)11-16;/h5-8H,3-4,9-12H2,1-2H3;1H/q+1;/p-1. The Morgan fingerprint density at radius 3 is 2.58 bits per heavy atom. The van der Waals surface area contributed by atoms with Crippen LogP contribution < -0.4 is 12.4 Å². The number of hydrogen-bond donors (Lipinski definition) is 0. The molecule has 4 heteroatoms. The molecule has 0 radical (unpaired) electrons. The van der Waals surface area contributed by atoms with Crippen LogP contribution in [0.2, 0.25) is 0 Å². The highest BCUT2D eigenvalue weighted by Gasteiger charge is 2.33. The van der Waals surface area contributed by atoms with Crippen LogP contribution in [0.25, 0.3) is 0 Å². The van der Waals surface area contributed by atoms with E-state index in [4.69, 9.17) is 4.74 Å². The van der Waals surface area contributed by atoms with Crippen molar-refractivity contribution in [2.75, 3.05) is 26.2 Å². The SMILES string of the molecule is CCOC(=O)C[N+]1(CC)CCc2ccccc2C1.[Cl-]. The van der Waals surface area contributed by atoms with Crippen LogP contribution >= 0.6 is 0 Å². The van der Waals surface area contributed by atoms with Gasteiger partial charge in [-0.25, -0.2) is 4.79 Å². The van der Waals surface area contributed by atoms with Crippen LogP contribution in [0.1, 0.15) is 25.0 Å². The molecule has 1 aromatic rings. The van der Waals surface area contributed by atoms with Crippen LogP contribution in [-0.4, -0.2) is 36.7 Å². The van der Waals surface area contributed by atoms with Gasteiger partial charge in [0.2, 0.25) is 0 Å². The number of fused-ring (bicyclic) bond motifs is 1. The Morgan fingerprint density at radius 1 is 1.26 bits per heavy atom. The van der Waals surface area contributed by atoms with Gasteiger partial charge in [-0.2, -0.15) is 0 Å². The summed E-state index contributed by atoms with van der Waals surface area (Å²) in [6, 6.07) is 8.56. The molecule has 0 fully saturated rings. The Hall–Kier alpha value is -1.06. The van der Waals surface area contributed by atoms with E-state index in [-0.39, 0.29) is 18.4 Å². The number of hydrogen-bond acceptors (Lipinski definition) is 2. The predicted octanol–water partition coefficient (Wildman–Crippen LogP) is -0.853. The van der Waals surface area contributed by atoms with E-state index in [1.807, 2.05) is 6.92 Å². The van der Waals surface area contributed by atoms with Crippen molar-refractivity contribution in [3.05, 3.63) is 35.4 Å². The predicted molar refractivity (Wildman–Crippen MR) is 71.0 cm³/mol. The molecule has 1 aliphatic heterocycles. The smallest absolute Gasteiger partial charge is 0.361 e. The van der Waals surface area contributed by atoms with Crippen LogP contribution in [0, 0.1) is 0 Å². The number of carbonyl (C=O) groups excluding carboxylic acids is 1. The zero-order valence-electron chi connectivity index (χ0n) is 11.7. The molecular weight excluding hydrogens is 262 g/mol. The quantitative estimate of drug-likeness (QED) is 0.531. The summed E-state index contributed by atoms with van der Waals surface area (Å²) in [6.45, 7) is 7.95. The molecule has 0 aliphatic carbocycles. The van der Waals surface area contributed by atoms with Crippen LogP contribution in [0.15, 0.2) is 24.3 Å². The largest absolute Gasteiger partial charge is 1.00 e. The third kappa shape index (κ3) is 3.71. The van der Waals surface area contributed by atoms with Gasteiger partial charge in [0.15, 0.2) is 6.54 Å². The van der Waals surface area contributed by atoms with Gasteiger partial charge in [-0.3, -0.25) is 0 Å². The minimum Gasteiger partial charge on any atom is -1.00 e. The molecule has 2 rings (SSSR count). The summed E-state index contributed by atoms with van der Waals surface area (Å²) in [5.41, 5.74) is 2.82.